The van der Waals surface area contributed by atoms with Gasteiger partial charge >= 0.3 is 48.0 Å². The lowest BCUT2D eigenvalue weighted by atomic mass is 10.1. The Morgan fingerprint density at radius 3 is 0.892 bits per heavy atom. The van der Waals surface area contributed by atoms with Crippen molar-refractivity contribution in [2.45, 2.75) is 151 Å². The third-order valence-electron chi connectivity index (χ3n) is 9.00. The molecule has 74 heavy (non-hydrogen) atoms. The topological polar surface area (TPSA) is 327 Å². The standard InChI is InChI=1S/2C23H36N2O10S2/c2*1-22(2,3)34-14(26)9-12(19(29)32-7)10-36-15-16(18(28)25-17(15)27)37-11-13(20(30)33-8)24-21(31)35-23(4,5)6/h2*12-13,15-16H,9-11H2,1-8H3,(H,24,31)(H,25,27,28)/t2*12-,13-,15?,16?/m00/s1. The summed E-state index contributed by atoms with van der Waals surface area (Å²) in [7, 11) is 4.67. The molecule has 0 radical (unpaired) electrons. The fourth-order valence-corrected chi connectivity index (χ4v) is 11.6. The fraction of sp³-hybridized carbons (Fsp3) is 0.739. The Labute approximate surface area is 448 Å². The highest BCUT2D eigenvalue weighted by Crippen LogP contribution is 2.34. The Morgan fingerprint density at radius 2 is 0.662 bits per heavy atom. The highest BCUT2D eigenvalue weighted by molar-refractivity contribution is 8.05. The van der Waals surface area contributed by atoms with E-state index in [4.69, 9.17) is 37.9 Å². The molecule has 0 aromatic rings. The zero-order valence-corrected chi connectivity index (χ0v) is 47.9. The average Bonchev–Trinajstić information content (AvgIpc) is 3.69. The van der Waals surface area contributed by atoms with Gasteiger partial charge in [-0.15, -0.1) is 47.0 Å². The number of rotatable bonds is 22. The summed E-state index contributed by atoms with van der Waals surface area (Å²) in [6.07, 6.45) is -2.21. The monoisotopic (exact) mass is 1130 g/mol. The number of esters is 6. The number of alkyl carbamates (subject to hydrolysis) is 2. The number of imide groups is 2. The summed E-state index contributed by atoms with van der Waals surface area (Å²) in [4.78, 5) is 148. The molecule has 2 heterocycles. The molecule has 2 aliphatic rings. The van der Waals surface area contributed by atoms with E-state index in [-0.39, 0.29) is 35.9 Å². The molecule has 0 saturated carbocycles. The molecule has 28 heteroatoms. The van der Waals surface area contributed by atoms with E-state index in [1.807, 2.05) is 0 Å². The van der Waals surface area contributed by atoms with Crippen LogP contribution in [0.2, 0.25) is 0 Å². The van der Waals surface area contributed by atoms with Crippen molar-refractivity contribution in [1.82, 2.24) is 21.3 Å². The third kappa shape index (κ3) is 25.5. The summed E-state index contributed by atoms with van der Waals surface area (Å²) in [5.41, 5.74) is -3.08. The van der Waals surface area contributed by atoms with E-state index in [1.54, 1.807) is 83.1 Å². The Morgan fingerprint density at radius 1 is 0.419 bits per heavy atom. The number of hydrogen-bond donors (Lipinski definition) is 4. The maximum Gasteiger partial charge on any atom is 0.408 e. The largest absolute Gasteiger partial charge is 0.469 e. The van der Waals surface area contributed by atoms with E-state index in [9.17, 15) is 57.5 Å². The van der Waals surface area contributed by atoms with Crippen LogP contribution in [-0.4, -0.2) is 179 Å². The molecule has 0 aliphatic carbocycles. The molecule has 4 N–H and O–H groups in total. The van der Waals surface area contributed by atoms with Crippen molar-refractivity contribution in [3.8, 4) is 0 Å². The molecule has 2 aliphatic heterocycles. The van der Waals surface area contributed by atoms with Gasteiger partial charge in [0.15, 0.2) is 0 Å². The minimum Gasteiger partial charge on any atom is -0.469 e. The fourth-order valence-electron chi connectivity index (χ4n) is 6.01. The van der Waals surface area contributed by atoms with E-state index in [0.29, 0.717) is 0 Å². The summed E-state index contributed by atoms with van der Waals surface area (Å²) in [5.74, 6) is -8.28. The summed E-state index contributed by atoms with van der Waals surface area (Å²) in [5, 5.41) is 5.62. The number of carbonyl (C=O) groups is 12. The SMILES string of the molecule is COC(=O)[C@H](CSC1C(=O)NC(=O)C1SC[C@H](NC(=O)OC(C)(C)C)C(=O)OC)CC(=O)OC(C)(C)C.COC(=O)[C@H](CSC1C(=O)NC(=O)C1SC[C@H](NC(=O)OC(C)(C)C)C(=O)OC)CC(=O)OC(C)(C)C. The maximum absolute atomic E-state index is 12.5. The Kier molecular flexibility index (Phi) is 27.1. The van der Waals surface area contributed by atoms with E-state index in [0.717, 1.165) is 61.3 Å². The Balaban J connectivity index is 0.000000740. The quantitative estimate of drug-likeness (QED) is 0.0688. The molecule has 420 valence electrons. The van der Waals surface area contributed by atoms with Crippen LogP contribution >= 0.6 is 47.0 Å². The molecule has 8 atom stereocenters. The highest BCUT2D eigenvalue weighted by atomic mass is 32.2. The third-order valence-corrected chi connectivity index (χ3v) is 15.0. The van der Waals surface area contributed by atoms with Gasteiger partial charge in [-0.2, -0.15) is 0 Å². The molecule has 2 saturated heterocycles. The van der Waals surface area contributed by atoms with Crippen LogP contribution in [0.25, 0.3) is 0 Å². The molecule has 6 amide bonds. The van der Waals surface area contributed by atoms with Crippen molar-refractivity contribution in [3.63, 3.8) is 0 Å². The van der Waals surface area contributed by atoms with Crippen LogP contribution in [0.5, 0.6) is 0 Å². The minimum atomic E-state index is -1.14. The van der Waals surface area contributed by atoms with Gasteiger partial charge in [0.2, 0.25) is 23.6 Å². The van der Waals surface area contributed by atoms with Crippen LogP contribution < -0.4 is 21.3 Å². The second kappa shape index (κ2) is 30.0. The van der Waals surface area contributed by atoms with Gasteiger partial charge in [0, 0.05) is 23.0 Å². The highest BCUT2D eigenvalue weighted by Gasteiger charge is 2.46. The molecule has 0 spiro atoms. The maximum atomic E-state index is 12.5. The van der Waals surface area contributed by atoms with Gasteiger partial charge in [-0.3, -0.25) is 49.0 Å². The molecule has 0 aromatic heterocycles. The van der Waals surface area contributed by atoms with Crippen molar-refractivity contribution in [2.75, 3.05) is 51.5 Å². The predicted octanol–water partition coefficient (Wildman–Crippen LogP) is 2.87. The molecule has 24 nitrogen and oxygen atoms in total. The zero-order valence-electron chi connectivity index (χ0n) is 44.7. The van der Waals surface area contributed by atoms with Crippen LogP contribution in [0.1, 0.15) is 95.9 Å². The van der Waals surface area contributed by atoms with Gasteiger partial charge in [-0.05, 0) is 83.1 Å². The summed E-state index contributed by atoms with van der Waals surface area (Å²) >= 11 is 3.97. The first-order valence-electron chi connectivity index (χ1n) is 22.8. The Hall–Kier alpha value is -4.96. The number of methoxy groups -OCH3 is 4. The van der Waals surface area contributed by atoms with Crippen molar-refractivity contribution >= 4 is 119 Å². The molecule has 0 aromatic carbocycles. The van der Waals surface area contributed by atoms with E-state index in [1.165, 1.54) is 14.2 Å². The van der Waals surface area contributed by atoms with Crippen LogP contribution in [0.15, 0.2) is 0 Å². The summed E-state index contributed by atoms with van der Waals surface area (Å²) in [6.45, 7) is 20.2. The predicted molar refractivity (Wildman–Crippen MR) is 274 cm³/mol. The van der Waals surface area contributed by atoms with Crippen LogP contribution in [0, 0.1) is 11.8 Å². The van der Waals surface area contributed by atoms with Crippen molar-refractivity contribution in [2.24, 2.45) is 11.8 Å². The van der Waals surface area contributed by atoms with Crippen molar-refractivity contribution in [3.05, 3.63) is 0 Å². The second-order valence-corrected chi connectivity index (χ2v) is 24.9. The van der Waals surface area contributed by atoms with E-state index >= 15 is 0 Å². The normalized spacial score (nSPS) is 19.4. The molecule has 2 fully saturated rings. The minimum absolute atomic E-state index is 0.00489. The number of amides is 6. The molecular formula is C46H72N4O20S4. The van der Waals surface area contributed by atoms with Crippen molar-refractivity contribution in [1.29, 1.82) is 0 Å². The first-order valence-corrected chi connectivity index (χ1v) is 27.0. The van der Waals surface area contributed by atoms with Gasteiger partial charge in [0.1, 0.15) is 55.5 Å². The Bertz CT molecular complexity index is 1770. The number of hydrogen-bond acceptors (Lipinski definition) is 24. The number of carbonyl (C=O) groups excluding carboxylic acids is 12. The molecular weight excluding hydrogens is 1060 g/mol. The van der Waals surface area contributed by atoms with Gasteiger partial charge in [-0.25, -0.2) is 19.2 Å². The number of nitrogens with one attached hydrogen (secondary N) is 4. The zero-order chi connectivity index (χ0) is 57.1. The molecule has 4 unspecified atom stereocenters. The van der Waals surface area contributed by atoms with Crippen LogP contribution in [-0.2, 0) is 85.8 Å². The smallest absolute Gasteiger partial charge is 0.408 e. The second-order valence-electron chi connectivity index (χ2n) is 20.2. The van der Waals surface area contributed by atoms with Crippen molar-refractivity contribution < 1.29 is 95.4 Å². The molecule has 0 bridgehead atoms. The van der Waals surface area contributed by atoms with Gasteiger partial charge < -0.3 is 48.5 Å². The lowest BCUT2D eigenvalue weighted by molar-refractivity contribution is -0.160. The number of thioether (sulfide) groups is 4. The first kappa shape index (κ1) is 67.1. The van der Waals surface area contributed by atoms with Crippen LogP contribution in [0.3, 0.4) is 0 Å². The van der Waals surface area contributed by atoms with Gasteiger partial charge in [-0.1, -0.05) is 0 Å². The molecule has 2 rings (SSSR count). The lowest BCUT2D eigenvalue weighted by Gasteiger charge is -2.24. The van der Waals surface area contributed by atoms with Gasteiger partial charge in [0.05, 0.1) is 53.1 Å². The lowest BCUT2D eigenvalue weighted by Crippen LogP contribution is -2.46. The first-order chi connectivity index (χ1) is 33.9. The summed E-state index contributed by atoms with van der Waals surface area (Å²) < 4.78 is 39.9. The van der Waals surface area contributed by atoms with Gasteiger partial charge in [0.25, 0.3) is 0 Å². The van der Waals surface area contributed by atoms with E-state index < -0.39 is 139 Å². The summed E-state index contributed by atoms with van der Waals surface area (Å²) in [6, 6.07) is -2.29. The van der Waals surface area contributed by atoms with Crippen LogP contribution in [0.4, 0.5) is 9.59 Å². The van der Waals surface area contributed by atoms with E-state index in [2.05, 4.69) is 21.3 Å². The number of ether oxygens (including phenoxy) is 8. The average molecular weight is 1130 g/mol.